The van der Waals surface area contributed by atoms with Crippen LogP contribution < -0.4 is 0 Å². The number of sulfonamides is 1. The number of carbonyl (C=O) groups excluding carboxylic acids is 2. The van der Waals surface area contributed by atoms with Crippen molar-refractivity contribution in [1.29, 1.82) is 0 Å². The number of ketones is 1. The number of nitrogens with zero attached hydrogens (tertiary/aromatic N) is 2. The largest absolute Gasteiger partial charge is 0.379 e. The first-order valence-corrected chi connectivity index (χ1v) is 13.3. The molecule has 2 aromatic rings. The molecular formula is C24H26Cl2N2O5S. The standard InChI is InChI=1S/C24H26Cl2N2O5S/c1-27(24(11-5-4-8-22(24)29)18-6-2-3-7-19(18)25)23(30)17-9-10-20(26)21(16-17)34(31,32)28-12-14-33-15-13-28/h2-3,6-7,9-10,16H,4-5,8,11-15H2,1H3/t24-/m0/s1. The first-order valence-electron chi connectivity index (χ1n) is 11.1. The van der Waals surface area contributed by atoms with Gasteiger partial charge >= 0.3 is 0 Å². The van der Waals surface area contributed by atoms with Crippen molar-refractivity contribution in [2.45, 2.75) is 36.1 Å². The van der Waals surface area contributed by atoms with Crippen molar-refractivity contribution in [2.24, 2.45) is 0 Å². The molecule has 1 saturated heterocycles. The zero-order valence-electron chi connectivity index (χ0n) is 18.8. The highest BCUT2D eigenvalue weighted by atomic mass is 35.5. The number of halogens is 2. The maximum atomic E-state index is 13.7. The molecule has 10 heteroatoms. The third-order valence-electron chi connectivity index (χ3n) is 6.62. The summed E-state index contributed by atoms with van der Waals surface area (Å²) >= 11 is 12.8. The fourth-order valence-corrected chi connectivity index (χ4v) is 6.96. The molecule has 1 amide bonds. The van der Waals surface area contributed by atoms with Gasteiger partial charge in [0.1, 0.15) is 10.4 Å². The number of likely N-dealkylation sites (N-methyl/N-ethyl adjacent to an activating group) is 1. The number of benzene rings is 2. The van der Waals surface area contributed by atoms with Crippen molar-refractivity contribution in [1.82, 2.24) is 9.21 Å². The molecule has 1 heterocycles. The summed E-state index contributed by atoms with van der Waals surface area (Å²) in [5.41, 5.74) is -0.521. The van der Waals surface area contributed by atoms with Crippen molar-refractivity contribution in [3.63, 3.8) is 0 Å². The molecule has 2 aromatic carbocycles. The monoisotopic (exact) mass is 524 g/mol. The van der Waals surface area contributed by atoms with Crippen LogP contribution in [0.25, 0.3) is 0 Å². The maximum Gasteiger partial charge on any atom is 0.254 e. The average molecular weight is 525 g/mol. The maximum absolute atomic E-state index is 13.7. The van der Waals surface area contributed by atoms with E-state index in [1.54, 1.807) is 31.3 Å². The summed E-state index contributed by atoms with van der Waals surface area (Å²) in [6, 6.07) is 11.2. The molecule has 1 saturated carbocycles. The topological polar surface area (TPSA) is 84.0 Å². The van der Waals surface area contributed by atoms with Crippen molar-refractivity contribution in [3.05, 3.63) is 63.6 Å². The molecule has 2 fully saturated rings. The summed E-state index contributed by atoms with van der Waals surface area (Å²) in [6.45, 7) is 1.00. The zero-order valence-corrected chi connectivity index (χ0v) is 21.1. The number of Topliss-reactive ketones (excluding diaryl/α,β-unsaturated/α-hetero) is 1. The predicted octanol–water partition coefficient (Wildman–Crippen LogP) is 4.12. The highest BCUT2D eigenvalue weighted by Crippen LogP contribution is 2.43. The summed E-state index contributed by atoms with van der Waals surface area (Å²) in [6.07, 6.45) is 2.27. The quantitative estimate of drug-likeness (QED) is 0.587. The van der Waals surface area contributed by atoms with Crippen LogP contribution in [0.4, 0.5) is 0 Å². The van der Waals surface area contributed by atoms with E-state index in [2.05, 4.69) is 0 Å². The number of carbonyl (C=O) groups is 2. The summed E-state index contributed by atoms with van der Waals surface area (Å²) in [5, 5.41) is 0.435. The van der Waals surface area contributed by atoms with Gasteiger partial charge < -0.3 is 9.64 Å². The molecule has 182 valence electrons. The van der Waals surface area contributed by atoms with Gasteiger partial charge in [0.2, 0.25) is 10.0 Å². The lowest BCUT2D eigenvalue weighted by atomic mass is 9.74. The van der Waals surface area contributed by atoms with E-state index in [1.165, 1.54) is 27.4 Å². The van der Waals surface area contributed by atoms with Gasteiger partial charge in [-0.25, -0.2) is 8.42 Å². The van der Waals surface area contributed by atoms with Crippen LogP contribution in [0.5, 0.6) is 0 Å². The van der Waals surface area contributed by atoms with Gasteiger partial charge in [0, 0.05) is 42.7 Å². The lowest BCUT2D eigenvalue weighted by Gasteiger charge is -2.44. The Morgan fingerprint density at radius 1 is 1.06 bits per heavy atom. The second kappa shape index (κ2) is 9.95. The van der Waals surface area contributed by atoms with Gasteiger partial charge in [0.25, 0.3) is 5.91 Å². The lowest BCUT2D eigenvalue weighted by Crippen LogP contribution is -2.54. The van der Waals surface area contributed by atoms with Crippen LogP contribution in [0.3, 0.4) is 0 Å². The van der Waals surface area contributed by atoms with Crippen molar-refractivity contribution >= 4 is 44.9 Å². The third-order valence-corrected chi connectivity index (χ3v) is 9.33. The molecule has 0 radical (unpaired) electrons. The van der Waals surface area contributed by atoms with Crippen LogP contribution in [0.15, 0.2) is 47.4 Å². The summed E-state index contributed by atoms with van der Waals surface area (Å²) in [7, 11) is -2.35. The van der Waals surface area contributed by atoms with E-state index in [1.807, 2.05) is 0 Å². The number of ether oxygens (including phenoxy) is 1. The van der Waals surface area contributed by atoms with Crippen LogP contribution in [-0.4, -0.2) is 62.7 Å². The van der Waals surface area contributed by atoms with Crippen molar-refractivity contribution in [2.75, 3.05) is 33.4 Å². The van der Waals surface area contributed by atoms with E-state index >= 15 is 0 Å². The van der Waals surface area contributed by atoms with Crippen LogP contribution in [0, 0.1) is 0 Å². The van der Waals surface area contributed by atoms with Crippen molar-refractivity contribution in [3.8, 4) is 0 Å². The van der Waals surface area contributed by atoms with E-state index < -0.39 is 21.5 Å². The SMILES string of the molecule is CN(C(=O)c1ccc(Cl)c(S(=O)(=O)N2CCOCC2)c1)[C@]1(c2ccccc2Cl)CCCCC1=O. The molecule has 1 aliphatic heterocycles. The predicted molar refractivity (Wildman–Crippen MR) is 130 cm³/mol. The highest BCUT2D eigenvalue weighted by molar-refractivity contribution is 7.89. The Balaban J connectivity index is 1.75. The summed E-state index contributed by atoms with van der Waals surface area (Å²) in [4.78, 5) is 28.3. The second-order valence-electron chi connectivity index (χ2n) is 8.50. The molecule has 0 N–H and O–H groups in total. The minimum absolute atomic E-state index is 0.0280. The number of hydrogen-bond donors (Lipinski definition) is 0. The summed E-state index contributed by atoms with van der Waals surface area (Å²) in [5.74, 6) is -0.567. The Morgan fingerprint density at radius 2 is 1.76 bits per heavy atom. The van der Waals surface area contributed by atoms with E-state index in [4.69, 9.17) is 27.9 Å². The average Bonchev–Trinajstić information content (AvgIpc) is 2.85. The molecule has 4 rings (SSSR count). The van der Waals surface area contributed by atoms with E-state index in [0.29, 0.717) is 36.6 Å². The molecule has 34 heavy (non-hydrogen) atoms. The lowest BCUT2D eigenvalue weighted by molar-refractivity contribution is -0.132. The minimum Gasteiger partial charge on any atom is -0.379 e. The van der Waals surface area contributed by atoms with Gasteiger partial charge in [0.15, 0.2) is 5.78 Å². The molecule has 0 spiro atoms. The molecule has 0 aromatic heterocycles. The Kier molecular flexibility index (Phi) is 7.36. The van der Waals surface area contributed by atoms with E-state index in [0.717, 1.165) is 12.8 Å². The van der Waals surface area contributed by atoms with Gasteiger partial charge in [0.05, 0.1) is 18.2 Å². The fourth-order valence-electron chi connectivity index (χ4n) is 4.76. The second-order valence-corrected chi connectivity index (χ2v) is 11.2. The van der Waals surface area contributed by atoms with Crippen LogP contribution in [0.1, 0.15) is 41.6 Å². The van der Waals surface area contributed by atoms with Crippen molar-refractivity contribution < 1.29 is 22.7 Å². The molecule has 2 aliphatic rings. The number of hydrogen-bond acceptors (Lipinski definition) is 5. The van der Waals surface area contributed by atoms with E-state index in [9.17, 15) is 18.0 Å². The van der Waals surface area contributed by atoms with Crippen LogP contribution in [-0.2, 0) is 25.1 Å². The Bertz CT molecular complexity index is 1210. The normalized spacial score (nSPS) is 21.9. The Morgan fingerprint density at radius 3 is 2.44 bits per heavy atom. The highest BCUT2D eigenvalue weighted by Gasteiger charge is 2.48. The molecule has 0 bridgehead atoms. The van der Waals surface area contributed by atoms with Gasteiger partial charge in [-0.3, -0.25) is 9.59 Å². The molecule has 0 unspecified atom stereocenters. The first kappa shape index (κ1) is 25.1. The first-order chi connectivity index (χ1) is 16.2. The Hall–Kier alpha value is -1.97. The van der Waals surface area contributed by atoms with Gasteiger partial charge in [-0.15, -0.1) is 0 Å². The van der Waals surface area contributed by atoms with E-state index in [-0.39, 0.29) is 34.4 Å². The minimum atomic E-state index is -3.92. The molecule has 7 nitrogen and oxygen atoms in total. The van der Waals surface area contributed by atoms with Gasteiger partial charge in [-0.2, -0.15) is 4.31 Å². The third kappa shape index (κ3) is 4.38. The molecule has 1 aliphatic carbocycles. The smallest absolute Gasteiger partial charge is 0.254 e. The molecular weight excluding hydrogens is 499 g/mol. The van der Waals surface area contributed by atoms with Crippen LogP contribution in [0.2, 0.25) is 10.0 Å². The van der Waals surface area contributed by atoms with Gasteiger partial charge in [-0.1, -0.05) is 41.4 Å². The number of morpholine rings is 1. The number of amides is 1. The zero-order chi connectivity index (χ0) is 24.5. The van der Waals surface area contributed by atoms with Gasteiger partial charge in [-0.05, 0) is 43.5 Å². The molecule has 1 atom stereocenters. The number of rotatable bonds is 5. The summed E-state index contributed by atoms with van der Waals surface area (Å²) < 4.78 is 33.0. The van der Waals surface area contributed by atoms with Crippen LogP contribution >= 0.6 is 23.2 Å². The Labute approximate surface area is 209 Å². The fraction of sp³-hybridized carbons (Fsp3) is 0.417.